The minimum Gasteiger partial charge on any atom is -0.378 e. The van der Waals surface area contributed by atoms with Crippen molar-refractivity contribution in [3.05, 3.63) is 63.6 Å². The minimum absolute atomic E-state index is 0.0969. The summed E-state index contributed by atoms with van der Waals surface area (Å²) in [6, 6.07) is 13.3. The van der Waals surface area contributed by atoms with Crippen LogP contribution in [0.5, 0.6) is 0 Å². The van der Waals surface area contributed by atoms with Crippen LogP contribution in [0, 0.1) is 0 Å². The molecule has 1 aliphatic heterocycles. The van der Waals surface area contributed by atoms with Crippen LogP contribution in [0.1, 0.15) is 31.4 Å². The molecule has 0 aliphatic carbocycles. The van der Waals surface area contributed by atoms with Gasteiger partial charge in [-0.15, -0.1) is 0 Å². The summed E-state index contributed by atoms with van der Waals surface area (Å²) < 4.78 is 25.6. The summed E-state index contributed by atoms with van der Waals surface area (Å²) in [5, 5.41) is 3.95. The van der Waals surface area contributed by atoms with Gasteiger partial charge in [0.1, 0.15) is 0 Å². The normalized spacial score (nSPS) is 19.0. The molecule has 2 aromatic carbocycles. The first-order chi connectivity index (χ1) is 16.8. The number of carbonyl (C=O) groups is 1. The number of nitrogens with zero attached hydrogens (tertiary/aromatic N) is 3. The van der Waals surface area contributed by atoms with Gasteiger partial charge < -0.3 is 15.1 Å². The molecular formula is C26H36Cl2N4O3S. The molecule has 1 unspecified atom stereocenters. The third-order valence-electron chi connectivity index (χ3n) is 6.97. The molecule has 1 saturated heterocycles. The van der Waals surface area contributed by atoms with E-state index >= 15 is 0 Å². The second-order valence-corrected chi connectivity index (χ2v) is 12.7. The van der Waals surface area contributed by atoms with Crippen molar-refractivity contribution in [2.75, 3.05) is 51.4 Å². The number of rotatable bonds is 9. The number of halogens is 2. The number of amides is 1. The molecule has 0 spiro atoms. The lowest BCUT2D eigenvalue weighted by atomic mass is 9.78. The van der Waals surface area contributed by atoms with E-state index in [1.165, 1.54) is 10.6 Å². The summed E-state index contributed by atoms with van der Waals surface area (Å²) in [5.74, 6) is -0.0969. The van der Waals surface area contributed by atoms with Crippen LogP contribution in [-0.4, -0.2) is 76.1 Å². The summed E-state index contributed by atoms with van der Waals surface area (Å²) in [5.41, 5.74) is 2.04. The lowest BCUT2D eigenvalue weighted by molar-refractivity contribution is -0.126. The van der Waals surface area contributed by atoms with Gasteiger partial charge in [0.15, 0.2) is 0 Å². The summed E-state index contributed by atoms with van der Waals surface area (Å²) in [6.45, 7) is 6.57. The zero-order chi connectivity index (χ0) is 26.7. The molecule has 2 atom stereocenters. The lowest BCUT2D eigenvalue weighted by Gasteiger charge is -2.40. The number of anilines is 1. The van der Waals surface area contributed by atoms with Crippen LogP contribution >= 0.6 is 23.2 Å². The Bertz CT molecular complexity index is 1170. The van der Waals surface area contributed by atoms with Crippen molar-refractivity contribution in [3.8, 4) is 0 Å². The van der Waals surface area contributed by atoms with Crippen molar-refractivity contribution in [2.45, 2.75) is 38.3 Å². The van der Waals surface area contributed by atoms with Crippen molar-refractivity contribution in [3.63, 3.8) is 0 Å². The van der Waals surface area contributed by atoms with E-state index in [0.717, 1.165) is 16.8 Å². The smallest absolute Gasteiger partial charge is 0.230 e. The Hall–Kier alpha value is -1.84. The molecule has 0 bridgehead atoms. The Morgan fingerprint density at radius 3 is 2.33 bits per heavy atom. The molecule has 1 aliphatic rings. The Kier molecular flexibility index (Phi) is 9.33. The van der Waals surface area contributed by atoms with E-state index in [-0.39, 0.29) is 11.9 Å². The number of nitrogens with one attached hydrogen (secondary N) is 1. The Morgan fingerprint density at radius 1 is 1.11 bits per heavy atom. The van der Waals surface area contributed by atoms with Crippen LogP contribution in [0.25, 0.3) is 0 Å². The van der Waals surface area contributed by atoms with Crippen molar-refractivity contribution in [1.82, 2.24) is 14.5 Å². The highest BCUT2D eigenvalue weighted by Gasteiger charge is 2.37. The highest BCUT2D eigenvalue weighted by Crippen LogP contribution is 2.33. The number of sulfonamides is 1. The van der Waals surface area contributed by atoms with E-state index < -0.39 is 15.4 Å². The molecule has 0 saturated carbocycles. The molecule has 10 heteroatoms. The zero-order valence-corrected chi connectivity index (χ0v) is 23.9. The fraction of sp³-hybridized carbons (Fsp3) is 0.500. The monoisotopic (exact) mass is 554 g/mol. The van der Waals surface area contributed by atoms with Crippen LogP contribution in [-0.2, 0) is 26.8 Å². The number of hydrogen-bond donors (Lipinski definition) is 1. The van der Waals surface area contributed by atoms with Gasteiger partial charge in [0.25, 0.3) is 0 Å². The Morgan fingerprint density at radius 2 is 1.78 bits per heavy atom. The molecule has 198 valence electrons. The maximum Gasteiger partial charge on any atom is 0.230 e. The second kappa shape index (κ2) is 11.7. The predicted octanol–water partition coefficient (Wildman–Crippen LogP) is 3.99. The summed E-state index contributed by atoms with van der Waals surface area (Å²) >= 11 is 12.5. The number of carbonyl (C=O) groups excluding carboxylic acids is 1. The minimum atomic E-state index is -3.24. The molecule has 1 heterocycles. The van der Waals surface area contributed by atoms with E-state index in [9.17, 15) is 13.2 Å². The molecule has 3 rings (SSSR count). The maximum absolute atomic E-state index is 13.6. The topological polar surface area (TPSA) is 73.0 Å². The number of piperazine rings is 1. The number of hydrogen-bond acceptors (Lipinski definition) is 5. The largest absolute Gasteiger partial charge is 0.378 e. The third kappa shape index (κ3) is 6.92. The molecular weight excluding hydrogens is 519 g/mol. The van der Waals surface area contributed by atoms with Crippen LogP contribution < -0.4 is 10.2 Å². The van der Waals surface area contributed by atoms with Crippen molar-refractivity contribution >= 4 is 44.8 Å². The highest BCUT2D eigenvalue weighted by atomic mass is 35.5. The van der Waals surface area contributed by atoms with Crippen LogP contribution in [0.2, 0.25) is 10.0 Å². The first-order valence-electron chi connectivity index (χ1n) is 12.0. The first-order valence-corrected chi connectivity index (χ1v) is 14.6. The Labute approximate surface area is 225 Å². The van der Waals surface area contributed by atoms with Gasteiger partial charge in [-0.2, -0.15) is 4.31 Å². The average Bonchev–Trinajstić information content (AvgIpc) is 2.82. The summed E-state index contributed by atoms with van der Waals surface area (Å²) in [7, 11) is 0.739. The van der Waals surface area contributed by atoms with Crippen LogP contribution in [0.4, 0.5) is 5.69 Å². The van der Waals surface area contributed by atoms with Gasteiger partial charge in [0.2, 0.25) is 15.9 Å². The SMILES string of the molecule is C[C@H]1CN(CCC(C)(C(=O)NCc2ccc(N(C)C)cc2)c2ccc(Cl)c(Cl)c2)CCN1S(C)(=O)=O. The van der Waals surface area contributed by atoms with Crippen molar-refractivity contribution < 1.29 is 13.2 Å². The van der Waals surface area contributed by atoms with E-state index in [2.05, 4.69) is 10.2 Å². The van der Waals surface area contributed by atoms with Gasteiger partial charge >= 0.3 is 0 Å². The Balaban J connectivity index is 1.75. The van der Waals surface area contributed by atoms with Gasteiger partial charge in [0.05, 0.1) is 21.7 Å². The molecule has 36 heavy (non-hydrogen) atoms. The predicted molar refractivity (Wildman–Crippen MR) is 148 cm³/mol. The van der Waals surface area contributed by atoms with Gasteiger partial charge in [-0.25, -0.2) is 8.42 Å². The van der Waals surface area contributed by atoms with Crippen molar-refractivity contribution in [1.29, 1.82) is 0 Å². The summed E-state index contributed by atoms with van der Waals surface area (Å²) in [6.07, 6.45) is 1.79. The van der Waals surface area contributed by atoms with Crippen LogP contribution in [0.3, 0.4) is 0 Å². The second-order valence-electron chi connectivity index (χ2n) is 9.98. The van der Waals surface area contributed by atoms with Crippen LogP contribution in [0.15, 0.2) is 42.5 Å². The molecule has 1 amide bonds. The maximum atomic E-state index is 13.6. The molecule has 1 fully saturated rings. The summed E-state index contributed by atoms with van der Waals surface area (Å²) in [4.78, 5) is 17.9. The molecule has 0 radical (unpaired) electrons. The van der Waals surface area contributed by atoms with E-state index in [4.69, 9.17) is 23.2 Å². The molecule has 1 N–H and O–H groups in total. The van der Waals surface area contributed by atoms with E-state index in [1.807, 2.05) is 63.2 Å². The van der Waals surface area contributed by atoms with E-state index in [0.29, 0.717) is 49.2 Å². The van der Waals surface area contributed by atoms with Crippen molar-refractivity contribution in [2.24, 2.45) is 0 Å². The quantitative estimate of drug-likeness (QED) is 0.507. The standard InChI is InChI=1S/C26H36Cl2N4O3S/c1-19-18-31(14-15-32(19)36(5,34)35)13-12-26(2,21-8-11-23(27)24(28)16-21)25(33)29-17-20-6-9-22(10-7-20)30(3)4/h6-11,16,19H,12-15,17-18H2,1-5H3,(H,29,33)/t19-,26?/m0/s1. The first kappa shape index (κ1) is 28.7. The highest BCUT2D eigenvalue weighted by molar-refractivity contribution is 7.88. The van der Waals surface area contributed by atoms with Gasteiger partial charge in [-0.3, -0.25) is 4.79 Å². The zero-order valence-electron chi connectivity index (χ0n) is 21.6. The van der Waals surface area contributed by atoms with E-state index in [1.54, 1.807) is 12.1 Å². The third-order valence-corrected chi connectivity index (χ3v) is 9.10. The number of benzene rings is 2. The fourth-order valence-corrected chi connectivity index (χ4v) is 6.04. The molecule has 2 aromatic rings. The molecule has 7 nitrogen and oxygen atoms in total. The average molecular weight is 556 g/mol. The van der Waals surface area contributed by atoms with Gasteiger partial charge in [-0.1, -0.05) is 41.4 Å². The fourth-order valence-electron chi connectivity index (χ4n) is 4.61. The lowest BCUT2D eigenvalue weighted by Crippen LogP contribution is -2.54. The van der Waals surface area contributed by atoms with Gasteiger partial charge in [-0.05, 0) is 62.2 Å². The van der Waals surface area contributed by atoms with Gasteiger partial charge in [0, 0.05) is 52.0 Å². The molecule has 0 aromatic heterocycles.